The number of halogens is 1. The molecule has 11 nitrogen and oxygen atoms in total. The third-order valence-corrected chi connectivity index (χ3v) is 9.09. The smallest absolute Gasteiger partial charge is 0.286 e. The molecule has 6 rings (SSSR count). The van der Waals surface area contributed by atoms with Crippen LogP contribution in [0, 0.1) is 11.7 Å². The topological polar surface area (TPSA) is 154 Å². The van der Waals surface area contributed by atoms with Crippen molar-refractivity contribution in [3.05, 3.63) is 65.2 Å². The molecule has 1 amide bonds. The van der Waals surface area contributed by atoms with E-state index in [0.717, 1.165) is 12.3 Å². The van der Waals surface area contributed by atoms with E-state index in [-0.39, 0.29) is 52.2 Å². The number of rotatable bonds is 5. The van der Waals surface area contributed by atoms with Crippen molar-refractivity contribution >= 4 is 43.2 Å². The molecule has 2 unspecified atom stereocenters. The van der Waals surface area contributed by atoms with Gasteiger partial charge in [0.1, 0.15) is 22.0 Å². The van der Waals surface area contributed by atoms with Crippen molar-refractivity contribution in [3.63, 3.8) is 0 Å². The molecule has 0 aliphatic carbocycles. The average molecular weight is 563 g/mol. The lowest BCUT2D eigenvalue weighted by Gasteiger charge is -2.42. The van der Waals surface area contributed by atoms with Crippen molar-refractivity contribution in [1.82, 2.24) is 4.90 Å². The predicted molar refractivity (Wildman–Crippen MR) is 135 cm³/mol. The Labute approximate surface area is 218 Å². The minimum Gasteiger partial charge on any atom is -0.511 e. The van der Waals surface area contributed by atoms with Gasteiger partial charge in [0.2, 0.25) is 10.0 Å². The molecule has 2 fully saturated rings. The Morgan fingerprint density at radius 3 is 2.61 bits per heavy atom. The van der Waals surface area contributed by atoms with Gasteiger partial charge in [0.25, 0.3) is 15.9 Å². The summed E-state index contributed by atoms with van der Waals surface area (Å²) < 4.78 is 74.9. The van der Waals surface area contributed by atoms with Crippen LogP contribution in [-0.4, -0.2) is 63.1 Å². The summed E-state index contributed by atoms with van der Waals surface area (Å²) in [5.41, 5.74) is 0.471. The van der Waals surface area contributed by atoms with Crippen LogP contribution in [0.1, 0.15) is 18.4 Å². The highest BCUT2D eigenvalue weighted by atomic mass is 32.2. The van der Waals surface area contributed by atoms with Gasteiger partial charge >= 0.3 is 0 Å². The number of nitrogens with one attached hydrogen (secondary N) is 2. The summed E-state index contributed by atoms with van der Waals surface area (Å²) in [6.07, 6.45) is 1.70. The van der Waals surface area contributed by atoms with Crippen molar-refractivity contribution in [2.24, 2.45) is 10.3 Å². The van der Waals surface area contributed by atoms with Crippen LogP contribution in [-0.2, 0) is 36.1 Å². The van der Waals surface area contributed by atoms with Crippen molar-refractivity contribution in [1.29, 1.82) is 0 Å². The van der Waals surface area contributed by atoms with Crippen molar-refractivity contribution in [2.45, 2.75) is 42.5 Å². The Hall–Kier alpha value is -3.49. The molecule has 2 saturated heterocycles. The van der Waals surface area contributed by atoms with Crippen molar-refractivity contribution in [3.8, 4) is 0 Å². The van der Waals surface area contributed by atoms with Gasteiger partial charge in [-0.25, -0.2) is 12.8 Å². The van der Waals surface area contributed by atoms with Crippen LogP contribution < -0.4 is 10.0 Å². The number of aliphatic hydroxyl groups excluding tert-OH is 1. The van der Waals surface area contributed by atoms with E-state index in [1.165, 1.54) is 29.2 Å². The van der Waals surface area contributed by atoms with Gasteiger partial charge in [-0.15, -0.1) is 4.40 Å². The molecule has 4 aliphatic rings. The number of anilines is 2. The second-order valence-corrected chi connectivity index (χ2v) is 13.1. The zero-order valence-corrected chi connectivity index (χ0v) is 21.6. The SMILES string of the molecule is CS(=O)(=O)Nc1ccc2c(c1)S(=O)(=O)N=C(C1=C(O)C3C([C@@H]4CC[C@H]3O4)N(Cc3ccc(F)cc3)C1=O)N2. The summed E-state index contributed by atoms with van der Waals surface area (Å²) in [6, 6.07) is 9.06. The average Bonchev–Trinajstić information content (AvgIpc) is 3.45. The van der Waals surface area contributed by atoms with Gasteiger partial charge in [-0.3, -0.25) is 9.52 Å². The highest BCUT2D eigenvalue weighted by Crippen LogP contribution is 2.48. The number of hydrogen-bond donors (Lipinski definition) is 3. The highest BCUT2D eigenvalue weighted by molar-refractivity contribution is 7.92. The molecule has 2 aromatic rings. The number of fused-ring (bicyclic) bond motifs is 6. The molecular formula is C24H23FN4O7S2. The van der Waals surface area contributed by atoms with Crippen molar-refractivity contribution < 1.29 is 35.9 Å². The number of carbonyl (C=O) groups excluding carboxylic acids is 1. The lowest BCUT2D eigenvalue weighted by atomic mass is 9.77. The molecule has 0 saturated carbocycles. The number of nitrogens with zero attached hydrogens (tertiary/aromatic N) is 2. The molecule has 2 aromatic carbocycles. The summed E-state index contributed by atoms with van der Waals surface area (Å²) in [5.74, 6) is -2.25. The van der Waals surface area contributed by atoms with Crippen LogP contribution >= 0.6 is 0 Å². The zero-order chi connectivity index (χ0) is 27.0. The van der Waals surface area contributed by atoms with Gasteiger partial charge in [0.05, 0.1) is 36.1 Å². The Morgan fingerprint density at radius 1 is 1.18 bits per heavy atom. The Balaban J connectivity index is 1.41. The lowest BCUT2D eigenvalue weighted by molar-refractivity contribution is -0.133. The molecule has 4 atom stereocenters. The summed E-state index contributed by atoms with van der Waals surface area (Å²) in [5, 5.41) is 14.1. The molecule has 14 heteroatoms. The molecule has 0 spiro atoms. The fourth-order valence-electron chi connectivity index (χ4n) is 5.67. The molecule has 2 bridgehead atoms. The molecule has 4 aliphatic heterocycles. The first kappa shape index (κ1) is 24.8. The number of hydrogen-bond acceptors (Lipinski definition) is 8. The molecule has 0 radical (unpaired) electrons. The van der Waals surface area contributed by atoms with Crippen LogP contribution in [0.5, 0.6) is 0 Å². The minimum absolute atomic E-state index is 0.0264. The summed E-state index contributed by atoms with van der Waals surface area (Å²) in [4.78, 5) is 15.1. The minimum atomic E-state index is -4.38. The largest absolute Gasteiger partial charge is 0.511 e. The first-order valence-corrected chi connectivity index (χ1v) is 15.1. The highest BCUT2D eigenvalue weighted by Gasteiger charge is 2.58. The molecule has 38 heavy (non-hydrogen) atoms. The van der Waals surface area contributed by atoms with E-state index in [1.54, 1.807) is 12.1 Å². The first-order valence-electron chi connectivity index (χ1n) is 11.8. The van der Waals surface area contributed by atoms with Crippen LogP contribution in [0.25, 0.3) is 0 Å². The predicted octanol–water partition coefficient (Wildman–Crippen LogP) is 2.11. The Bertz CT molecular complexity index is 1640. The number of sulfonamides is 2. The molecule has 4 heterocycles. The van der Waals surface area contributed by atoms with Gasteiger partial charge in [0, 0.05) is 12.2 Å². The maximum atomic E-state index is 13.8. The van der Waals surface area contributed by atoms with Crippen molar-refractivity contribution in [2.75, 3.05) is 16.3 Å². The fraction of sp³-hybridized carbons (Fsp3) is 0.333. The normalized spacial score (nSPS) is 27.5. The van der Waals surface area contributed by atoms with E-state index >= 15 is 0 Å². The summed E-state index contributed by atoms with van der Waals surface area (Å²) >= 11 is 0. The second kappa shape index (κ2) is 8.51. The quantitative estimate of drug-likeness (QED) is 0.501. The van der Waals surface area contributed by atoms with Gasteiger partial charge in [-0.05, 0) is 48.7 Å². The maximum absolute atomic E-state index is 13.8. The fourth-order valence-corrected chi connectivity index (χ4v) is 7.38. The molecule has 3 N–H and O–H groups in total. The van der Waals surface area contributed by atoms with E-state index < -0.39 is 43.7 Å². The second-order valence-electron chi connectivity index (χ2n) is 9.75. The van der Waals surface area contributed by atoms with Gasteiger partial charge in [-0.2, -0.15) is 8.42 Å². The van der Waals surface area contributed by atoms with Gasteiger partial charge in [-0.1, -0.05) is 12.1 Å². The Kier molecular flexibility index (Phi) is 5.56. The number of benzene rings is 2. The number of carbonyl (C=O) groups is 1. The standard InChI is InChI=1S/C24H23FN4O7S2/c1-37(32,33)27-14-6-7-15-18(10-14)38(34,35)28-23(26-15)20-22(30)19-16-8-9-17(36-16)21(19)29(24(20)31)11-12-2-4-13(25)5-3-12/h2-7,10,16-17,19,21,27,30H,8-9,11H2,1H3,(H,26,28)/t16-,17+,19?,21?/m1/s1. The number of ether oxygens (including phenoxy) is 1. The third-order valence-electron chi connectivity index (χ3n) is 7.17. The third kappa shape index (κ3) is 4.12. The first-order chi connectivity index (χ1) is 17.9. The van der Waals surface area contributed by atoms with E-state index in [1.807, 2.05) is 0 Å². The number of aliphatic hydroxyl groups is 1. The van der Waals surface area contributed by atoms with Crippen LogP contribution in [0.4, 0.5) is 15.8 Å². The van der Waals surface area contributed by atoms with Gasteiger partial charge in [0.15, 0.2) is 5.84 Å². The van der Waals surface area contributed by atoms with E-state index in [0.29, 0.717) is 18.4 Å². The Morgan fingerprint density at radius 2 is 1.89 bits per heavy atom. The summed E-state index contributed by atoms with van der Waals surface area (Å²) in [7, 11) is -8.03. The summed E-state index contributed by atoms with van der Waals surface area (Å²) in [6.45, 7) is 0.0980. The molecule has 200 valence electrons. The van der Waals surface area contributed by atoms with Crippen LogP contribution in [0.3, 0.4) is 0 Å². The van der Waals surface area contributed by atoms with E-state index in [4.69, 9.17) is 4.74 Å². The lowest BCUT2D eigenvalue weighted by Crippen LogP contribution is -2.55. The van der Waals surface area contributed by atoms with Crippen LogP contribution in [0.15, 0.2) is 63.1 Å². The number of amidine groups is 1. The monoisotopic (exact) mass is 562 g/mol. The van der Waals surface area contributed by atoms with Crippen LogP contribution in [0.2, 0.25) is 0 Å². The van der Waals surface area contributed by atoms with E-state index in [9.17, 15) is 31.1 Å². The van der Waals surface area contributed by atoms with E-state index in [2.05, 4.69) is 14.4 Å². The molecule has 0 aromatic heterocycles. The maximum Gasteiger partial charge on any atom is 0.286 e. The number of amides is 1. The van der Waals surface area contributed by atoms with Gasteiger partial charge < -0.3 is 20.1 Å². The molecular weight excluding hydrogens is 539 g/mol. The zero-order valence-electron chi connectivity index (χ0n) is 20.0.